The maximum absolute atomic E-state index is 12.9. The van der Waals surface area contributed by atoms with Crippen LogP contribution in [0.1, 0.15) is 6.42 Å². The van der Waals surface area contributed by atoms with Gasteiger partial charge in [0.15, 0.2) is 5.82 Å². The van der Waals surface area contributed by atoms with E-state index in [2.05, 4.69) is 20.3 Å². The van der Waals surface area contributed by atoms with E-state index in [9.17, 15) is 4.79 Å². The molecule has 2 amide bonds. The summed E-state index contributed by atoms with van der Waals surface area (Å²) in [6, 6.07) is 11.1. The molecular weight excluding hydrogens is 330 g/mol. The number of aromatic nitrogens is 4. The van der Waals surface area contributed by atoms with Crippen molar-refractivity contribution in [2.45, 2.75) is 12.6 Å². The Hall–Kier alpha value is -3.42. The number of nitrogens with one attached hydrogen (secondary N) is 1. The van der Waals surface area contributed by atoms with Crippen LogP contribution in [0.3, 0.4) is 0 Å². The summed E-state index contributed by atoms with van der Waals surface area (Å²) in [5.74, 6) is 1.20. The Bertz CT molecular complexity index is 984. The SMILES string of the molecule is Cn1ccc(-c2ccc3c(n2)N(C(=O)Nc2ccccn2)[C@H]2CCN32)n1. The summed E-state index contributed by atoms with van der Waals surface area (Å²) in [5.41, 5.74) is 2.52. The van der Waals surface area contributed by atoms with Crippen molar-refractivity contribution in [3.8, 4) is 11.4 Å². The fourth-order valence-corrected chi connectivity index (χ4v) is 3.44. The number of fused-ring (bicyclic) bond motifs is 3. The van der Waals surface area contributed by atoms with Crippen LogP contribution in [0.2, 0.25) is 0 Å². The van der Waals surface area contributed by atoms with Crippen LogP contribution in [-0.2, 0) is 7.05 Å². The summed E-state index contributed by atoms with van der Waals surface area (Å²) in [5, 5.41) is 7.27. The lowest BCUT2D eigenvalue weighted by Crippen LogP contribution is -2.56. The number of nitrogens with zero attached hydrogens (tertiary/aromatic N) is 6. The summed E-state index contributed by atoms with van der Waals surface area (Å²) in [4.78, 5) is 25.7. The van der Waals surface area contributed by atoms with Gasteiger partial charge >= 0.3 is 6.03 Å². The second-order valence-corrected chi connectivity index (χ2v) is 6.39. The topological polar surface area (TPSA) is 79.2 Å². The van der Waals surface area contributed by atoms with Crippen LogP contribution in [0, 0.1) is 0 Å². The van der Waals surface area contributed by atoms with Gasteiger partial charge in [-0.05, 0) is 30.3 Å². The molecule has 1 saturated heterocycles. The zero-order valence-electron chi connectivity index (χ0n) is 14.2. The molecule has 0 saturated carbocycles. The van der Waals surface area contributed by atoms with Gasteiger partial charge in [-0.2, -0.15) is 5.10 Å². The number of amides is 2. The van der Waals surface area contributed by atoms with Crippen molar-refractivity contribution >= 4 is 23.4 Å². The van der Waals surface area contributed by atoms with Crippen LogP contribution >= 0.6 is 0 Å². The van der Waals surface area contributed by atoms with E-state index in [1.54, 1.807) is 21.8 Å². The molecule has 0 aliphatic carbocycles. The second kappa shape index (κ2) is 5.55. The molecule has 3 aromatic heterocycles. The minimum absolute atomic E-state index is 0.0141. The third-order valence-electron chi connectivity index (χ3n) is 4.77. The Balaban J connectivity index is 1.51. The molecule has 5 heterocycles. The van der Waals surface area contributed by atoms with E-state index in [0.717, 1.165) is 30.0 Å². The molecule has 5 rings (SSSR count). The van der Waals surface area contributed by atoms with Crippen LogP contribution in [-0.4, -0.2) is 38.5 Å². The van der Waals surface area contributed by atoms with E-state index >= 15 is 0 Å². The molecule has 0 radical (unpaired) electrons. The van der Waals surface area contributed by atoms with Crippen molar-refractivity contribution in [3.05, 3.63) is 48.8 Å². The predicted octanol–water partition coefficient (Wildman–Crippen LogP) is 2.47. The van der Waals surface area contributed by atoms with Gasteiger partial charge in [0.25, 0.3) is 0 Å². The molecule has 2 aliphatic rings. The van der Waals surface area contributed by atoms with E-state index in [4.69, 9.17) is 4.98 Å². The summed E-state index contributed by atoms with van der Waals surface area (Å²) in [7, 11) is 1.87. The van der Waals surface area contributed by atoms with Gasteiger partial charge in [0.2, 0.25) is 0 Å². The number of aryl methyl sites for hydroxylation is 1. The summed E-state index contributed by atoms with van der Waals surface area (Å²) in [6.07, 6.45) is 4.47. The maximum atomic E-state index is 12.9. The molecule has 0 bridgehead atoms. The third-order valence-corrected chi connectivity index (χ3v) is 4.77. The fraction of sp³-hybridized carbons (Fsp3) is 0.222. The number of pyridine rings is 2. The average molecular weight is 347 g/mol. The molecule has 0 spiro atoms. The van der Waals surface area contributed by atoms with E-state index in [-0.39, 0.29) is 12.2 Å². The number of carbonyl (C=O) groups excluding carboxylic acids is 1. The minimum Gasteiger partial charge on any atom is -0.347 e. The highest BCUT2D eigenvalue weighted by Gasteiger charge is 2.46. The molecule has 3 aromatic rings. The molecule has 1 N–H and O–H groups in total. The molecule has 8 heteroatoms. The predicted molar refractivity (Wildman–Crippen MR) is 97.9 cm³/mol. The Morgan fingerprint density at radius 3 is 2.81 bits per heavy atom. The Kier molecular flexibility index (Phi) is 3.18. The maximum Gasteiger partial charge on any atom is 0.330 e. The van der Waals surface area contributed by atoms with Gasteiger partial charge < -0.3 is 4.90 Å². The highest BCUT2D eigenvalue weighted by Crippen LogP contribution is 2.44. The lowest BCUT2D eigenvalue weighted by atomic mass is 10.1. The number of urea groups is 1. The minimum atomic E-state index is -0.220. The van der Waals surface area contributed by atoms with Gasteiger partial charge in [-0.1, -0.05) is 6.07 Å². The Morgan fingerprint density at radius 2 is 2.12 bits per heavy atom. The lowest BCUT2D eigenvalue weighted by Gasteiger charge is -2.39. The van der Waals surface area contributed by atoms with Crippen molar-refractivity contribution < 1.29 is 4.79 Å². The van der Waals surface area contributed by atoms with E-state index in [1.165, 1.54) is 0 Å². The first-order valence-electron chi connectivity index (χ1n) is 8.50. The van der Waals surface area contributed by atoms with Gasteiger partial charge in [0, 0.05) is 32.4 Å². The number of hydrogen-bond donors (Lipinski definition) is 1. The van der Waals surface area contributed by atoms with Gasteiger partial charge in [0.1, 0.15) is 17.7 Å². The molecule has 8 nitrogen and oxygen atoms in total. The first kappa shape index (κ1) is 14.9. The van der Waals surface area contributed by atoms with Crippen LogP contribution in [0.5, 0.6) is 0 Å². The number of rotatable bonds is 2. The summed E-state index contributed by atoms with van der Waals surface area (Å²) in [6.45, 7) is 0.926. The highest BCUT2D eigenvalue weighted by atomic mass is 16.2. The first-order chi connectivity index (χ1) is 12.7. The third kappa shape index (κ3) is 2.22. The van der Waals surface area contributed by atoms with E-state index in [1.807, 2.05) is 43.6 Å². The van der Waals surface area contributed by atoms with Crippen LogP contribution in [0.15, 0.2) is 48.8 Å². The quantitative estimate of drug-likeness (QED) is 0.770. The number of carbonyl (C=O) groups is 1. The van der Waals surface area contributed by atoms with Crippen LogP contribution in [0.25, 0.3) is 11.4 Å². The van der Waals surface area contributed by atoms with Crippen molar-refractivity contribution in [2.75, 3.05) is 21.7 Å². The van der Waals surface area contributed by atoms with Gasteiger partial charge in [-0.3, -0.25) is 14.9 Å². The first-order valence-corrected chi connectivity index (χ1v) is 8.50. The number of anilines is 3. The van der Waals surface area contributed by atoms with Crippen molar-refractivity contribution in [1.29, 1.82) is 0 Å². The molecule has 26 heavy (non-hydrogen) atoms. The second-order valence-electron chi connectivity index (χ2n) is 6.39. The molecular formula is C18H17N7O. The van der Waals surface area contributed by atoms with Crippen LogP contribution in [0.4, 0.5) is 22.1 Å². The van der Waals surface area contributed by atoms with Gasteiger partial charge in [0.05, 0.1) is 11.4 Å². The Labute approximate surface area is 150 Å². The fourth-order valence-electron chi connectivity index (χ4n) is 3.44. The van der Waals surface area contributed by atoms with Gasteiger partial charge in [-0.15, -0.1) is 0 Å². The lowest BCUT2D eigenvalue weighted by molar-refractivity contribution is 0.252. The van der Waals surface area contributed by atoms with E-state index in [0.29, 0.717) is 11.6 Å². The normalized spacial score (nSPS) is 17.5. The van der Waals surface area contributed by atoms with Crippen LogP contribution < -0.4 is 15.1 Å². The molecule has 0 aromatic carbocycles. The van der Waals surface area contributed by atoms with Crippen molar-refractivity contribution in [3.63, 3.8) is 0 Å². The van der Waals surface area contributed by atoms with Gasteiger partial charge in [-0.25, -0.2) is 14.8 Å². The zero-order chi connectivity index (χ0) is 17.7. The standard InChI is InChI=1S/C18H17N7O/c1-23-10-7-13(22-23)12-5-6-14-17(20-12)25(16-8-11-24(14)16)18(26)21-15-4-2-3-9-19-15/h2-7,9-10,16H,8,11H2,1H3,(H,19,21,26)/t16-/m0/s1. The van der Waals surface area contributed by atoms with Crippen molar-refractivity contribution in [1.82, 2.24) is 19.7 Å². The zero-order valence-corrected chi connectivity index (χ0v) is 14.2. The molecule has 1 fully saturated rings. The largest absolute Gasteiger partial charge is 0.347 e. The monoisotopic (exact) mass is 347 g/mol. The molecule has 130 valence electrons. The summed E-state index contributed by atoms with van der Waals surface area (Å²) >= 11 is 0. The highest BCUT2D eigenvalue weighted by molar-refractivity contribution is 6.06. The average Bonchev–Trinajstić information content (AvgIpc) is 3.14. The summed E-state index contributed by atoms with van der Waals surface area (Å²) < 4.78 is 1.74. The Morgan fingerprint density at radius 1 is 1.19 bits per heavy atom. The van der Waals surface area contributed by atoms with E-state index < -0.39 is 0 Å². The molecule has 2 aliphatic heterocycles. The van der Waals surface area contributed by atoms with Crippen molar-refractivity contribution in [2.24, 2.45) is 7.05 Å². The molecule has 0 unspecified atom stereocenters. The number of hydrogen-bond acceptors (Lipinski definition) is 5. The molecule has 1 atom stereocenters. The smallest absolute Gasteiger partial charge is 0.330 e.